The molecule has 0 bridgehead atoms. The molecule has 1 saturated heterocycles. The van der Waals surface area contributed by atoms with Gasteiger partial charge in [-0.15, -0.1) is 0 Å². The van der Waals surface area contributed by atoms with Gasteiger partial charge in [0.05, 0.1) is 5.25 Å². The molecule has 0 aromatic carbocycles. The third-order valence-corrected chi connectivity index (χ3v) is 3.84. The molecular formula is C9H17NOS2. The van der Waals surface area contributed by atoms with Crippen LogP contribution in [0.3, 0.4) is 0 Å². The number of hydrogen-bond donors (Lipinski definition) is 1. The zero-order valence-electron chi connectivity index (χ0n) is 8.03. The second kappa shape index (κ2) is 5.81. The molecule has 0 aliphatic carbocycles. The van der Waals surface area contributed by atoms with Gasteiger partial charge in [-0.2, -0.15) is 24.4 Å². The molecule has 1 aliphatic heterocycles. The van der Waals surface area contributed by atoms with Crippen molar-refractivity contribution in [2.75, 3.05) is 24.6 Å². The van der Waals surface area contributed by atoms with Crippen molar-refractivity contribution in [2.24, 2.45) is 0 Å². The summed E-state index contributed by atoms with van der Waals surface area (Å²) in [6.07, 6.45) is 1.95. The van der Waals surface area contributed by atoms with E-state index in [-0.39, 0.29) is 11.2 Å². The summed E-state index contributed by atoms with van der Waals surface area (Å²) in [5.41, 5.74) is 0. The fourth-order valence-electron chi connectivity index (χ4n) is 1.35. The number of amides is 1. The molecule has 1 unspecified atom stereocenters. The Kier molecular flexibility index (Phi) is 5.02. The normalized spacial score (nSPS) is 20.9. The predicted molar refractivity (Wildman–Crippen MR) is 61.6 cm³/mol. The fraction of sp³-hybridized carbons (Fsp3) is 0.889. The molecule has 1 heterocycles. The van der Waals surface area contributed by atoms with Crippen LogP contribution in [0, 0.1) is 0 Å². The van der Waals surface area contributed by atoms with Crippen LogP contribution >= 0.6 is 24.4 Å². The number of carbonyl (C=O) groups is 1. The van der Waals surface area contributed by atoms with E-state index < -0.39 is 0 Å². The number of carbonyl (C=O) groups excluding carboxylic acids is 1. The molecular weight excluding hydrogens is 202 g/mol. The van der Waals surface area contributed by atoms with Crippen LogP contribution in [0.2, 0.25) is 0 Å². The van der Waals surface area contributed by atoms with Crippen LogP contribution in [0.15, 0.2) is 0 Å². The van der Waals surface area contributed by atoms with Crippen LogP contribution < -0.4 is 0 Å². The van der Waals surface area contributed by atoms with Crippen molar-refractivity contribution in [2.45, 2.75) is 25.0 Å². The van der Waals surface area contributed by atoms with Crippen LogP contribution in [0.1, 0.15) is 19.8 Å². The zero-order valence-corrected chi connectivity index (χ0v) is 9.74. The van der Waals surface area contributed by atoms with E-state index in [1.54, 1.807) is 0 Å². The van der Waals surface area contributed by atoms with Crippen molar-refractivity contribution in [1.82, 2.24) is 4.90 Å². The van der Waals surface area contributed by atoms with Gasteiger partial charge >= 0.3 is 0 Å². The first-order valence-electron chi connectivity index (χ1n) is 4.80. The molecule has 0 radical (unpaired) electrons. The second-order valence-electron chi connectivity index (χ2n) is 3.22. The highest BCUT2D eigenvalue weighted by Gasteiger charge is 2.20. The zero-order chi connectivity index (χ0) is 9.68. The molecule has 4 heteroatoms. The van der Waals surface area contributed by atoms with Crippen molar-refractivity contribution < 1.29 is 4.79 Å². The fourth-order valence-corrected chi connectivity index (χ4v) is 2.40. The number of rotatable bonds is 2. The molecule has 0 aromatic heterocycles. The second-order valence-corrected chi connectivity index (χ2v) is 5.06. The lowest BCUT2D eigenvalue weighted by molar-refractivity contribution is -0.130. The molecule has 1 aliphatic rings. The SMILES string of the molecule is CCC(S)C(=O)N1CCCSCC1. The average molecular weight is 219 g/mol. The summed E-state index contributed by atoms with van der Waals surface area (Å²) in [5, 5.41) is -0.0944. The monoisotopic (exact) mass is 219 g/mol. The number of thiol groups is 1. The van der Waals surface area contributed by atoms with Crippen molar-refractivity contribution in [3.8, 4) is 0 Å². The molecule has 1 atom stereocenters. The maximum atomic E-state index is 11.7. The minimum atomic E-state index is -0.0944. The van der Waals surface area contributed by atoms with E-state index in [9.17, 15) is 4.79 Å². The molecule has 1 fully saturated rings. The first-order valence-corrected chi connectivity index (χ1v) is 6.47. The van der Waals surface area contributed by atoms with Gasteiger partial charge in [-0.25, -0.2) is 0 Å². The van der Waals surface area contributed by atoms with Gasteiger partial charge in [-0.3, -0.25) is 4.79 Å². The van der Waals surface area contributed by atoms with Gasteiger partial charge in [0.15, 0.2) is 0 Å². The lowest BCUT2D eigenvalue weighted by Crippen LogP contribution is -2.38. The van der Waals surface area contributed by atoms with Crippen LogP contribution in [0.4, 0.5) is 0 Å². The summed E-state index contributed by atoms with van der Waals surface area (Å²) >= 11 is 6.21. The maximum absolute atomic E-state index is 11.7. The summed E-state index contributed by atoms with van der Waals surface area (Å²) in [6.45, 7) is 3.82. The minimum Gasteiger partial charge on any atom is -0.341 e. The molecule has 2 nitrogen and oxygen atoms in total. The minimum absolute atomic E-state index is 0.0944. The van der Waals surface area contributed by atoms with Crippen LogP contribution in [0.5, 0.6) is 0 Å². The standard InChI is InChI=1S/C9H17NOS2/c1-2-8(12)9(11)10-4-3-6-13-7-5-10/h8,12H,2-7H2,1H3. The van der Waals surface area contributed by atoms with Crippen molar-refractivity contribution in [1.29, 1.82) is 0 Å². The Morgan fingerprint density at radius 1 is 1.54 bits per heavy atom. The van der Waals surface area contributed by atoms with E-state index in [1.165, 1.54) is 5.75 Å². The number of thioether (sulfide) groups is 1. The number of nitrogens with zero attached hydrogens (tertiary/aromatic N) is 1. The van der Waals surface area contributed by atoms with Crippen molar-refractivity contribution >= 4 is 30.3 Å². The molecule has 13 heavy (non-hydrogen) atoms. The molecule has 0 N–H and O–H groups in total. The molecule has 0 saturated carbocycles. The Balaban J connectivity index is 2.43. The lowest BCUT2D eigenvalue weighted by Gasteiger charge is -2.22. The van der Waals surface area contributed by atoms with Crippen molar-refractivity contribution in [3.63, 3.8) is 0 Å². The summed E-state index contributed by atoms with van der Waals surface area (Å²) in [5.74, 6) is 2.48. The Labute approximate surface area is 89.9 Å². The Bertz CT molecular complexity index is 167. The van der Waals surface area contributed by atoms with Gasteiger partial charge in [0.2, 0.25) is 5.91 Å². The highest BCUT2D eigenvalue weighted by atomic mass is 32.2. The Morgan fingerprint density at radius 2 is 2.31 bits per heavy atom. The van der Waals surface area contributed by atoms with E-state index in [1.807, 2.05) is 23.6 Å². The third-order valence-electron chi connectivity index (χ3n) is 2.21. The van der Waals surface area contributed by atoms with Gasteiger partial charge in [-0.1, -0.05) is 6.92 Å². The van der Waals surface area contributed by atoms with Crippen LogP contribution in [-0.2, 0) is 4.79 Å². The van der Waals surface area contributed by atoms with Gasteiger partial charge in [0.25, 0.3) is 0 Å². The Hall–Kier alpha value is 0.170. The highest BCUT2D eigenvalue weighted by molar-refractivity contribution is 7.99. The van der Waals surface area contributed by atoms with Gasteiger partial charge in [-0.05, 0) is 18.6 Å². The third kappa shape index (κ3) is 3.43. The lowest BCUT2D eigenvalue weighted by atomic mass is 10.2. The first kappa shape index (κ1) is 11.2. The van der Waals surface area contributed by atoms with Gasteiger partial charge in [0.1, 0.15) is 0 Å². The van der Waals surface area contributed by atoms with E-state index in [2.05, 4.69) is 12.6 Å². The maximum Gasteiger partial charge on any atom is 0.235 e. The quantitative estimate of drug-likeness (QED) is 0.713. The molecule has 1 amide bonds. The Morgan fingerprint density at radius 3 is 3.00 bits per heavy atom. The van der Waals surface area contributed by atoms with E-state index in [4.69, 9.17) is 0 Å². The van der Waals surface area contributed by atoms with Crippen LogP contribution in [0.25, 0.3) is 0 Å². The topological polar surface area (TPSA) is 20.3 Å². The summed E-state index contributed by atoms with van der Waals surface area (Å²) < 4.78 is 0. The molecule has 1 rings (SSSR count). The molecule has 76 valence electrons. The van der Waals surface area contributed by atoms with Crippen molar-refractivity contribution in [3.05, 3.63) is 0 Å². The summed E-state index contributed by atoms with van der Waals surface area (Å²) in [4.78, 5) is 13.7. The van der Waals surface area contributed by atoms with E-state index in [0.29, 0.717) is 0 Å². The number of hydrogen-bond acceptors (Lipinski definition) is 3. The van der Waals surface area contributed by atoms with Crippen LogP contribution in [-0.4, -0.2) is 40.7 Å². The van der Waals surface area contributed by atoms with Gasteiger partial charge < -0.3 is 4.90 Å². The van der Waals surface area contributed by atoms with E-state index >= 15 is 0 Å². The first-order chi connectivity index (χ1) is 6.25. The molecule has 0 aromatic rings. The summed E-state index contributed by atoms with van der Waals surface area (Å²) in [7, 11) is 0. The smallest absolute Gasteiger partial charge is 0.235 e. The largest absolute Gasteiger partial charge is 0.341 e. The van der Waals surface area contributed by atoms with Gasteiger partial charge in [0, 0.05) is 18.8 Å². The average Bonchev–Trinajstić information content (AvgIpc) is 2.43. The summed E-state index contributed by atoms with van der Waals surface area (Å²) in [6, 6.07) is 0. The predicted octanol–water partition coefficient (Wildman–Crippen LogP) is 1.66. The van der Waals surface area contributed by atoms with E-state index in [0.717, 1.165) is 31.7 Å². The highest BCUT2D eigenvalue weighted by Crippen LogP contribution is 2.13. The molecule has 0 spiro atoms.